The van der Waals surface area contributed by atoms with Crippen molar-refractivity contribution in [2.24, 2.45) is 0 Å². The first-order valence-corrected chi connectivity index (χ1v) is 9.77. The number of carboxylic acid groups (broad SMARTS) is 1. The summed E-state index contributed by atoms with van der Waals surface area (Å²) >= 11 is 0. The van der Waals surface area contributed by atoms with Crippen LogP contribution in [0.2, 0.25) is 6.04 Å². The van der Waals surface area contributed by atoms with Gasteiger partial charge in [0.15, 0.2) is 0 Å². The van der Waals surface area contributed by atoms with E-state index < -0.39 is 14.8 Å². The number of carboxylic acids is 1. The average molecular weight is 318 g/mol. The summed E-state index contributed by atoms with van der Waals surface area (Å²) in [4.78, 5) is 10.6. The standard InChI is InChI=1S/C15H30O5Si/c1-5-18-21(19-6-2,20-7-3)13-11-9-8-10-12-14(4)15(16)17/h4-13H2,1-3H3,(H,16,17). The van der Waals surface area contributed by atoms with Gasteiger partial charge < -0.3 is 18.4 Å². The molecule has 124 valence electrons. The number of unbranched alkanes of at least 4 members (excludes halogenated alkanes) is 3. The lowest BCUT2D eigenvalue weighted by Gasteiger charge is -2.28. The maximum atomic E-state index is 10.6. The molecule has 0 heterocycles. The molecule has 0 saturated carbocycles. The number of hydrogen-bond donors (Lipinski definition) is 1. The minimum Gasteiger partial charge on any atom is -0.478 e. The second kappa shape index (κ2) is 11.9. The number of hydrogen-bond acceptors (Lipinski definition) is 4. The Labute approximate surface area is 129 Å². The van der Waals surface area contributed by atoms with Gasteiger partial charge in [-0.05, 0) is 40.0 Å². The van der Waals surface area contributed by atoms with Gasteiger partial charge >= 0.3 is 14.8 Å². The SMILES string of the molecule is C=C(CCCCCC[Si](OCC)(OCC)OCC)C(=O)O. The van der Waals surface area contributed by atoms with Crippen LogP contribution in [0.5, 0.6) is 0 Å². The van der Waals surface area contributed by atoms with E-state index in [2.05, 4.69) is 6.58 Å². The molecule has 0 aromatic heterocycles. The number of carbonyl (C=O) groups is 1. The molecule has 0 unspecified atom stereocenters. The van der Waals surface area contributed by atoms with Crippen LogP contribution in [-0.2, 0) is 18.1 Å². The van der Waals surface area contributed by atoms with Gasteiger partial charge in [0.1, 0.15) is 0 Å². The summed E-state index contributed by atoms with van der Waals surface area (Å²) in [7, 11) is -2.51. The second-order valence-corrected chi connectivity index (χ2v) is 7.54. The van der Waals surface area contributed by atoms with Crippen LogP contribution in [0.1, 0.15) is 52.9 Å². The molecule has 0 bridgehead atoms. The van der Waals surface area contributed by atoms with Crippen LogP contribution in [0.4, 0.5) is 0 Å². The fraction of sp³-hybridized carbons (Fsp3) is 0.800. The van der Waals surface area contributed by atoms with Gasteiger partial charge in [-0.3, -0.25) is 0 Å². The molecule has 0 aromatic rings. The average Bonchev–Trinajstić information content (AvgIpc) is 2.43. The van der Waals surface area contributed by atoms with Gasteiger partial charge in [0, 0.05) is 31.4 Å². The highest BCUT2D eigenvalue weighted by Crippen LogP contribution is 2.20. The Balaban J connectivity index is 4.01. The second-order valence-electron chi connectivity index (χ2n) is 4.80. The molecular weight excluding hydrogens is 288 g/mol. The molecule has 0 aliphatic carbocycles. The van der Waals surface area contributed by atoms with Gasteiger partial charge in [-0.15, -0.1) is 0 Å². The Hall–Kier alpha value is -0.693. The summed E-state index contributed by atoms with van der Waals surface area (Å²) in [5, 5.41) is 8.72. The Morgan fingerprint density at radius 3 is 1.86 bits per heavy atom. The fourth-order valence-corrected chi connectivity index (χ4v) is 4.83. The highest BCUT2D eigenvalue weighted by Gasteiger charge is 2.39. The van der Waals surface area contributed by atoms with Crippen molar-refractivity contribution in [1.29, 1.82) is 0 Å². The van der Waals surface area contributed by atoms with Crippen LogP contribution in [0.3, 0.4) is 0 Å². The molecule has 0 saturated heterocycles. The van der Waals surface area contributed by atoms with Crippen molar-refractivity contribution in [3.63, 3.8) is 0 Å². The van der Waals surface area contributed by atoms with Crippen molar-refractivity contribution >= 4 is 14.8 Å². The Kier molecular flexibility index (Phi) is 11.5. The van der Waals surface area contributed by atoms with Crippen LogP contribution < -0.4 is 0 Å². The molecule has 0 fully saturated rings. The molecule has 0 atom stereocenters. The topological polar surface area (TPSA) is 65.0 Å². The number of rotatable bonds is 14. The fourth-order valence-electron chi connectivity index (χ4n) is 2.14. The Morgan fingerprint density at radius 1 is 0.952 bits per heavy atom. The lowest BCUT2D eigenvalue weighted by atomic mass is 10.1. The smallest absolute Gasteiger partial charge is 0.478 e. The van der Waals surface area contributed by atoms with Crippen LogP contribution in [-0.4, -0.2) is 39.7 Å². The van der Waals surface area contributed by atoms with Crippen molar-refractivity contribution in [1.82, 2.24) is 0 Å². The predicted octanol–water partition coefficient (Wildman–Crippen LogP) is 3.63. The van der Waals surface area contributed by atoms with Gasteiger partial charge in [-0.25, -0.2) is 4.79 Å². The van der Waals surface area contributed by atoms with Crippen molar-refractivity contribution in [3.05, 3.63) is 12.2 Å². The molecule has 0 radical (unpaired) electrons. The Bertz CT molecular complexity index is 289. The monoisotopic (exact) mass is 318 g/mol. The largest absolute Gasteiger partial charge is 0.500 e. The van der Waals surface area contributed by atoms with Gasteiger partial charge in [0.25, 0.3) is 0 Å². The van der Waals surface area contributed by atoms with E-state index in [-0.39, 0.29) is 5.57 Å². The lowest BCUT2D eigenvalue weighted by Crippen LogP contribution is -2.45. The van der Waals surface area contributed by atoms with Gasteiger partial charge in [0.2, 0.25) is 0 Å². The van der Waals surface area contributed by atoms with E-state index in [1.165, 1.54) is 0 Å². The van der Waals surface area contributed by atoms with Crippen LogP contribution >= 0.6 is 0 Å². The van der Waals surface area contributed by atoms with Gasteiger partial charge in [-0.1, -0.05) is 19.4 Å². The quantitative estimate of drug-likeness (QED) is 0.301. The van der Waals surface area contributed by atoms with Gasteiger partial charge in [0.05, 0.1) is 0 Å². The third-order valence-electron chi connectivity index (χ3n) is 3.11. The third-order valence-corrected chi connectivity index (χ3v) is 6.26. The zero-order valence-electron chi connectivity index (χ0n) is 13.7. The minimum absolute atomic E-state index is 0.289. The first-order valence-electron chi connectivity index (χ1n) is 7.84. The molecule has 0 aliphatic heterocycles. The maximum absolute atomic E-state index is 10.6. The highest BCUT2D eigenvalue weighted by molar-refractivity contribution is 6.60. The summed E-state index contributed by atoms with van der Waals surface area (Å²) in [6.07, 6.45) is 4.40. The summed E-state index contributed by atoms with van der Waals surface area (Å²) in [5.74, 6) is -0.898. The van der Waals surface area contributed by atoms with Crippen LogP contribution in [0.25, 0.3) is 0 Å². The summed E-state index contributed by atoms with van der Waals surface area (Å²) in [5.41, 5.74) is 0.289. The molecule has 0 aromatic carbocycles. The lowest BCUT2D eigenvalue weighted by molar-refractivity contribution is -0.132. The zero-order chi connectivity index (χ0) is 16.1. The van der Waals surface area contributed by atoms with Crippen LogP contribution in [0, 0.1) is 0 Å². The van der Waals surface area contributed by atoms with E-state index in [9.17, 15) is 4.79 Å². The maximum Gasteiger partial charge on any atom is 0.500 e. The first-order chi connectivity index (χ1) is 10.0. The van der Waals surface area contributed by atoms with E-state index in [4.69, 9.17) is 18.4 Å². The van der Waals surface area contributed by atoms with Crippen molar-refractivity contribution in [3.8, 4) is 0 Å². The van der Waals surface area contributed by atoms with Crippen molar-refractivity contribution in [2.45, 2.75) is 58.9 Å². The third kappa shape index (κ3) is 9.03. The molecular formula is C15H30O5Si. The molecule has 0 amide bonds. The molecule has 1 N–H and O–H groups in total. The molecule has 0 aliphatic rings. The molecule has 0 spiro atoms. The zero-order valence-corrected chi connectivity index (χ0v) is 14.7. The van der Waals surface area contributed by atoms with Gasteiger partial charge in [-0.2, -0.15) is 0 Å². The number of aliphatic carboxylic acids is 1. The van der Waals surface area contributed by atoms with Crippen molar-refractivity contribution in [2.75, 3.05) is 19.8 Å². The van der Waals surface area contributed by atoms with Crippen molar-refractivity contribution < 1.29 is 23.2 Å². The van der Waals surface area contributed by atoms with E-state index in [1.807, 2.05) is 20.8 Å². The molecule has 0 rings (SSSR count). The molecule has 21 heavy (non-hydrogen) atoms. The predicted molar refractivity (Wildman–Crippen MR) is 85.3 cm³/mol. The summed E-state index contributed by atoms with van der Waals surface area (Å²) < 4.78 is 17.4. The first kappa shape index (κ1) is 20.3. The highest BCUT2D eigenvalue weighted by atomic mass is 28.4. The summed E-state index contributed by atoms with van der Waals surface area (Å²) in [6.45, 7) is 11.2. The minimum atomic E-state index is -2.51. The van der Waals surface area contributed by atoms with E-state index >= 15 is 0 Å². The van der Waals surface area contributed by atoms with Crippen LogP contribution in [0.15, 0.2) is 12.2 Å². The van der Waals surface area contributed by atoms with E-state index in [0.29, 0.717) is 26.2 Å². The molecule has 5 nitrogen and oxygen atoms in total. The van der Waals surface area contributed by atoms with E-state index in [0.717, 1.165) is 31.7 Å². The Morgan fingerprint density at radius 2 is 1.43 bits per heavy atom. The normalized spacial score (nSPS) is 11.6. The van der Waals surface area contributed by atoms with E-state index in [1.54, 1.807) is 0 Å². The summed E-state index contributed by atoms with van der Waals surface area (Å²) in [6, 6.07) is 0.822. The molecule has 6 heteroatoms.